The second-order valence-corrected chi connectivity index (χ2v) is 4.05. The standard InChI is InChI=1S/C14H16N2O2/c15-7-5-11-1-3-12(4-2-11)9-16-14(17)13-6-8-18-10-13/h1-4,6,8,10H,5,7,9,15H2,(H,16,17). The summed E-state index contributed by atoms with van der Waals surface area (Å²) in [7, 11) is 0. The minimum Gasteiger partial charge on any atom is -0.472 e. The van der Waals surface area contributed by atoms with Crippen LogP contribution in [0.1, 0.15) is 21.5 Å². The summed E-state index contributed by atoms with van der Waals surface area (Å²) in [6.07, 6.45) is 3.79. The third-order valence-electron chi connectivity index (χ3n) is 2.69. The molecule has 2 rings (SSSR count). The van der Waals surface area contributed by atoms with Gasteiger partial charge in [-0.3, -0.25) is 4.79 Å². The molecule has 0 saturated heterocycles. The van der Waals surface area contributed by atoms with E-state index in [4.69, 9.17) is 10.2 Å². The van der Waals surface area contributed by atoms with E-state index in [0.29, 0.717) is 18.7 Å². The average molecular weight is 244 g/mol. The molecule has 0 unspecified atom stereocenters. The molecular weight excluding hydrogens is 228 g/mol. The van der Waals surface area contributed by atoms with Crippen LogP contribution in [0.15, 0.2) is 47.3 Å². The predicted molar refractivity (Wildman–Crippen MR) is 69.1 cm³/mol. The molecule has 4 nitrogen and oxygen atoms in total. The van der Waals surface area contributed by atoms with Gasteiger partial charge >= 0.3 is 0 Å². The summed E-state index contributed by atoms with van der Waals surface area (Å²) in [5.41, 5.74) is 8.30. The van der Waals surface area contributed by atoms with Gasteiger partial charge in [0.25, 0.3) is 5.91 Å². The maximum absolute atomic E-state index is 11.7. The maximum Gasteiger partial charge on any atom is 0.254 e. The highest BCUT2D eigenvalue weighted by Gasteiger charge is 2.05. The molecule has 4 heteroatoms. The van der Waals surface area contributed by atoms with Gasteiger partial charge in [0.2, 0.25) is 0 Å². The molecule has 94 valence electrons. The van der Waals surface area contributed by atoms with Crippen molar-refractivity contribution in [2.75, 3.05) is 6.54 Å². The van der Waals surface area contributed by atoms with Gasteiger partial charge in [-0.1, -0.05) is 24.3 Å². The van der Waals surface area contributed by atoms with Gasteiger partial charge in [0.1, 0.15) is 6.26 Å². The minimum atomic E-state index is -0.130. The number of carbonyl (C=O) groups excluding carboxylic acids is 1. The number of amides is 1. The summed E-state index contributed by atoms with van der Waals surface area (Å²) in [5.74, 6) is -0.130. The van der Waals surface area contributed by atoms with Gasteiger partial charge in [-0.15, -0.1) is 0 Å². The second-order valence-electron chi connectivity index (χ2n) is 4.05. The molecule has 2 aromatic rings. The van der Waals surface area contributed by atoms with Crippen molar-refractivity contribution in [1.29, 1.82) is 0 Å². The number of hydrogen-bond acceptors (Lipinski definition) is 3. The summed E-state index contributed by atoms with van der Waals surface area (Å²) >= 11 is 0. The van der Waals surface area contributed by atoms with E-state index in [1.54, 1.807) is 6.07 Å². The highest BCUT2D eigenvalue weighted by Crippen LogP contribution is 2.05. The van der Waals surface area contributed by atoms with Crippen molar-refractivity contribution in [3.05, 3.63) is 59.5 Å². The molecule has 1 aromatic heterocycles. The Morgan fingerprint density at radius 3 is 2.50 bits per heavy atom. The lowest BCUT2D eigenvalue weighted by Gasteiger charge is -2.05. The Kier molecular flexibility index (Phi) is 4.15. The number of nitrogens with one attached hydrogen (secondary N) is 1. The van der Waals surface area contributed by atoms with Crippen molar-refractivity contribution in [2.24, 2.45) is 5.73 Å². The Hall–Kier alpha value is -2.07. The summed E-state index contributed by atoms with van der Waals surface area (Å²) in [6.45, 7) is 1.16. The van der Waals surface area contributed by atoms with Crippen LogP contribution >= 0.6 is 0 Å². The zero-order chi connectivity index (χ0) is 12.8. The molecule has 0 aliphatic rings. The van der Waals surface area contributed by atoms with Gasteiger partial charge in [0.05, 0.1) is 11.8 Å². The third-order valence-corrected chi connectivity index (χ3v) is 2.69. The molecule has 1 heterocycles. The molecule has 0 aliphatic heterocycles. The van der Waals surface area contributed by atoms with E-state index in [-0.39, 0.29) is 5.91 Å². The van der Waals surface area contributed by atoms with Crippen molar-refractivity contribution in [2.45, 2.75) is 13.0 Å². The zero-order valence-electron chi connectivity index (χ0n) is 10.1. The van der Waals surface area contributed by atoms with Crippen LogP contribution in [0.2, 0.25) is 0 Å². The largest absolute Gasteiger partial charge is 0.472 e. The fourth-order valence-corrected chi connectivity index (χ4v) is 1.67. The predicted octanol–water partition coefficient (Wildman–Crippen LogP) is 1.71. The highest BCUT2D eigenvalue weighted by atomic mass is 16.3. The van der Waals surface area contributed by atoms with E-state index in [2.05, 4.69) is 5.32 Å². The average Bonchev–Trinajstić information content (AvgIpc) is 2.92. The fourth-order valence-electron chi connectivity index (χ4n) is 1.67. The Bertz CT molecular complexity index is 489. The smallest absolute Gasteiger partial charge is 0.254 e. The number of rotatable bonds is 5. The van der Waals surface area contributed by atoms with Crippen molar-refractivity contribution in [3.8, 4) is 0 Å². The van der Waals surface area contributed by atoms with E-state index >= 15 is 0 Å². The first-order valence-electron chi connectivity index (χ1n) is 5.88. The Morgan fingerprint density at radius 1 is 1.17 bits per heavy atom. The van der Waals surface area contributed by atoms with E-state index in [1.807, 2.05) is 24.3 Å². The summed E-state index contributed by atoms with van der Waals surface area (Å²) in [6, 6.07) is 9.71. The van der Waals surface area contributed by atoms with Crippen LogP contribution < -0.4 is 11.1 Å². The monoisotopic (exact) mass is 244 g/mol. The lowest BCUT2D eigenvalue weighted by atomic mass is 10.1. The molecule has 1 aromatic carbocycles. The first-order chi connectivity index (χ1) is 8.79. The van der Waals surface area contributed by atoms with Crippen LogP contribution in [0.25, 0.3) is 0 Å². The molecule has 0 spiro atoms. The van der Waals surface area contributed by atoms with Gasteiger partial charge in [-0.25, -0.2) is 0 Å². The summed E-state index contributed by atoms with van der Waals surface area (Å²) in [4.78, 5) is 11.7. The van der Waals surface area contributed by atoms with Crippen molar-refractivity contribution in [3.63, 3.8) is 0 Å². The fraction of sp³-hybridized carbons (Fsp3) is 0.214. The van der Waals surface area contributed by atoms with Gasteiger partial charge in [-0.2, -0.15) is 0 Å². The molecular formula is C14H16N2O2. The lowest BCUT2D eigenvalue weighted by Crippen LogP contribution is -2.22. The second kappa shape index (κ2) is 6.02. The van der Waals surface area contributed by atoms with Gasteiger partial charge in [0, 0.05) is 6.54 Å². The van der Waals surface area contributed by atoms with Crippen LogP contribution in [0, 0.1) is 0 Å². The molecule has 0 atom stereocenters. The van der Waals surface area contributed by atoms with Crippen molar-refractivity contribution in [1.82, 2.24) is 5.32 Å². The van der Waals surface area contributed by atoms with Crippen LogP contribution in [0.5, 0.6) is 0 Å². The normalized spacial score (nSPS) is 10.3. The molecule has 0 aliphatic carbocycles. The topological polar surface area (TPSA) is 68.3 Å². The van der Waals surface area contributed by atoms with Crippen LogP contribution in [0.4, 0.5) is 0 Å². The number of carbonyl (C=O) groups is 1. The van der Waals surface area contributed by atoms with Crippen molar-refractivity contribution < 1.29 is 9.21 Å². The SMILES string of the molecule is NCCc1ccc(CNC(=O)c2ccoc2)cc1. The van der Waals surface area contributed by atoms with E-state index in [9.17, 15) is 4.79 Å². The van der Waals surface area contributed by atoms with Crippen LogP contribution in [0.3, 0.4) is 0 Å². The lowest BCUT2D eigenvalue weighted by molar-refractivity contribution is 0.0950. The first kappa shape index (κ1) is 12.4. The quantitative estimate of drug-likeness (QED) is 0.841. The molecule has 0 bridgehead atoms. The molecule has 0 fully saturated rings. The Balaban J connectivity index is 1.88. The van der Waals surface area contributed by atoms with Crippen LogP contribution in [-0.2, 0) is 13.0 Å². The van der Waals surface area contributed by atoms with E-state index < -0.39 is 0 Å². The summed E-state index contributed by atoms with van der Waals surface area (Å²) < 4.78 is 4.86. The van der Waals surface area contributed by atoms with E-state index in [0.717, 1.165) is 12.0 Å². The van der Waals surface area contributed by atoms with Crippen LogP contribution in [-0.4, -0.2) is 12.5 Å². The number of benzene rings is 1. The number of hydrogen-bond donors (Lipinski definition) is 2. The third kappa shape index (κ3) is 3.21. The van der Waals surface area contributed by atoms with Crippen molar-refractivity contribution >= 4 is 5.91 Å². The van der Waals surface area contributed by atoms with Gasteiger partial charge < -0.3 is 15.5 Å². The zero-order valence-corrected chi connectivity index (χ0v) is 10.1. The maximum atomic E-state index is 11.7. The Morgan fingerprint density at radius 2 is 1.89 bits per heavy atom. The number of furan rings is 1. The molecule has 18 heavy (non-hydrogen) atoms. The molecule has 3 N–H and O–H groups in total. The first-order valence-corrected chi connectivity index (χ1v) is 5.88. The highest BCUT2D eigenvalue weighted by molar-refractivity contribution is 5.93. The molecule has 0 radical (unpaired) electrons. The molecule has 0 saturated carbocycles. The number of nitrogens with two attached hydrogens (primary N) is 1. The summed E-state index contributed by atoms with van der Waals surface area (Å²) in [5, 5.41) is 2.83. The van der Waals surface area contributed by atoms with Gasteiger partial charge in [0.15, 0.2) is 0 Å². The minimum absolute atomic E-state index is 0.130. The van der Waals surface area contributed by atoms with E-state index in [1.165, 1.54) is 18.1 Å². The van der Waals surface area contributed by atoms with Gasteiger partial charge in [-0.05, 0) is 30.2 Å². The Labute approximate surface area is 106 Å². The molecule has 1 amide bonds.